The van der Waals surface area contributed by atoms with Crippen molar-refractivity contribution in [2.45, 2.75) is 44.6 Å². The Hall–Kier alpha value is -0.320. The van der Waals surface area contributed by atoms with Crippen molar-refractivity contribution in [1.29, 1.82) is 0 Å². The number of hydrogen-bond acceptors (Lipinski definition) is 3. The molecule has 1 fully saturated rings. The molecule has 1 aliphatic carbocycles. The Bertz CT molecular complexity index is 196. The van der Waals surface area contributed by atoms with Gasteiger partial charge in [-0.3, -0.25) is 4.79 Å². The van der Waals surface area contributed by atoms with Crippen LogP contribution in [0.15, 0.2) is 0 Å². The van der Waals surface area contributed by atoms with Crippen LogP contribution in [0.2, 0.25) is 0 Å². The van der Waals surface area contributed by atoms with Gasteiger partial charge >= 0.3 is 0 Å². The molecule has 1 saturated carbocycles. The van der Waals surface area contributed by atoms with Crippen LogP contribution < -0.4 is 16.8 Å². The molecule has 1 unspecified atom stereocenters. The maximum atomic E-state index is 11.5. The summed E-state index contributed by atoms with van der Waals surface area (Å²) in [6, 6.07) is -0.348. The second-order valence-electron chi connectivity index (χ2n) is 4.43. The molecular formula is C11H24ClN3O. The van der Waals surface area contributed by atoms with Crippen LogP contribution in [0.1, 0.15) is 38.5 Å². The number of rotatable bonds is 5. The molecule has 0 heterocycles. The lowest BCUT2D eigenvalue weighted by atomic mass is 9.85. The van der Waals surface area contributed by atoms with Gasteiger partial charge in [-0.25, -0.2) is 0 Å². The van der Waals surface area contributed by atoms with Crippen LogP contribution in [-0.4, -0.2) is 25.0 Å². The zero-order valence-corrected chi connectivity index (χ0v) is 10.6. The highest BCUT2D eigenvalue weighted by atomic mass is 35.5. The summed E-state index contributed by atoms with van der Waals surface area (Å²) in [7, 11) is 0. The van der Waals surface area contributed by atoms with E-state index in [-0.39, 0.29) is 24.4 Å². The van der Waals surface area contributed by atoms with E-state index < -0.39 is 0 Å². The zero-order chi connectivity index (χ0) is 11.1. The minimum Gasteiger partial charge on any atom is -0.353 e. The normalized spacial score (nSPS) is 18.6. The lowest BCUT2D eigenvalue weighted by molar-refractivity contribution is -0.122. The summed E-state index contributed by atoms with van der Waals surface area (Å²) < 4.78 is 0. The molecule has 0 aromatic heterocycles. The average molecular weight is 250 g/mol. The van der Waals surface area contributed by atoms with Crippen LogP contribution in [0.4, 0.5) is 0 Å². The van der Waals surface area contributed by atoms with E-state index >= 15 is 0 Å². The van der Waals surface area contributed by atoms with Crippen molar-refractivity contribution in [3.8, 4) is 0 Å². The highest BCUT2D eigenvalue weighted by molar-refractivity contribution is 5.85. The third-order valence-corrected chi connectivity index (χ3v) is 3.09. The Morgan fingerprint density at radius 1 is 1.31 bits per heavy atom. The predicted molar refractivity (Wildman–Crippen MR) is 68.5 cm³/mol. The molecule has 96 valence electrons. The Morgan fingerprint density at radius 2 is 1.94 bits per heavy atom. The van der Waals surface area contributed by atoms with E-state index in [1.807, 2.05) is 0 Å². The average Bonchev–Trinajstić information content (AvgIpc) is 2.27. The standard InChI is InChI=1S/C11H23N3O.ClH/c12-6-7-14-11(15)10(13)8-9-4-2-1-3-5-9;/h9-10H,1-8,12-13H2,(H,14,15);1H. The van der Waals surface area contributed by atoms with Gasteiger partial charge in [0.15, 0.2) is 0 Å². The Kier molecular flexibility index (Phi) is 8.61. The van der Waals surface area contributed by atoms with Gasteiger partial charge in [0.25, 0.3) is 0 Å². The first kappa shape index (κ1) is 15.7. The molecule has 0 aromatic carbocycles. The van der Waals surface area contributed by atoms with Gasteiger partial charge in [-0.1, -0.05) is 32.1 Å². The minimum atomic E-state index is -0.348. The van der Waals surface area contributed by atoms with Crippen LogP contribution in [0.5, 0.6) is 0 Å². The molecule has 4 nitrogen and oxygen atoms in total. The smallest absolute Gasteiger partial charge is 0.236 e. The number of nitrogens with two attached hydrogens (primary N) is 2. The first-order valence-corrected chi connectivity index (χ1v) is 5.97. The molecule has 1 amide bonds. The van der Waals surface area contributed by atoms with Gasteiger partial charge in [0.2, 0.25) is 5.91 Å². The van der Waals surface area contributed by atoms with E-state index in [0.717, 1.165) is 6.42 Å². The fourth-order valence-electron chi connectivity index (χ4n) is 2.22. The second-order valence-corrected chi connectivity index (χ2v) is 4.43. The van der Waals surface area contributed by atoms with Gasteiger partial charge in [-0.05, 0) is 12.3 Å². The highest BCUT2D eigenvalue weighted by Gasteiger charge is 2.20. The lowest BCUT2D eigenvalue weighted by Gasteiger charge is -2.24. The van der Waals surface area contributed by atoms with Crippen molar-refractivity contribution >= 4 is 18.3 Å². The number of halogens is 1. The monoisotopic (exact) mass is 249 g/mol. The zero-order valence-electron chi connectivity index (χ0n) is 9.78. The van der Waals surface area contributed by atoms with Gasteiger partial charge in [0.05, 0.1) is 6.04 Å². The minimum absolute atomic E-state index is 0. The van der Waals surface area contributed by atoms with Gasteiger partial charge in [0, 0.05) is 13.1 Å². The van der Waals surface area contributed by atoms with E-state index in [1.165, 1.54) is 32.1 Å². The number of carbonyl (C=O) groups is 1. The molecule has 0 spiro atoms. The third-order valence-electron chi connectivity index (χ3n) is 3.09. The molecule has 0 aliphatic heterocycles. The number of amides is 1. The first-order chi connectivity index (χ1) is 7.24. The van der Waals surface area contributed by atoms with Crippen LogP contribution >= 0.6 is 12.4 Å². The predicted octanol–water partition coefficient (Wildman–Crippen LogP) is 0.781. The molecule has 16 heavy (non-hydrogen) atoms. The Balaban J connectivity index is 0.00000225. The van der Waals surface area contributed by atoms with Crippen molar-refractivity contribution < 1.29 is 4.79 Å². The van der Waals surface area contributed by atoms with Gasteiger partial charge in [-0.2, -0.15) is 0 Å². The Morgan fingerprint density at radius 3 is 2.50 bits per heavy atom. The van der Waals surface area contributed by atoms with Crippen LogP contribution in [0.3, 0.4) is 0 Å². The molecule has 0 aromatic rings. The molecule has 0 saturated heterocycles. The second kappa shape index (κ2) is 8.79. The molecule has 1 rings (SSSR count). The SMILES string of the molecule is Cl.NCCNC(=O)C(N)CC1CCCCC1. The van der Waals surface area contributed by atoms with E-state index in [0.29, 0.717) is 19.0 Å². The van der Waals surface area contributed by atoms with Crippen molar-refractivity contribution in [1.82, 2.24) is 5.32 Å². The maximum Gasteiger partial charge on any atom is 0.236 e. The molecule has 0 radical (unpaired) electrons. The molecular weight excluding hydrogens is 226 g/mol. The fraction of sp³-hybridized carbons (Fsp3) is 0.909. The van der Waals surface area contributed by atoms with Gasteiger partial charge in [-0.15, -0.1) is 12.4 Å². The van der Waals surface area contributed by atoms with Gasteiger partial charge < -0.3 is 16.8 Å². The quantitative estimate of drug-likeness (QED) is 0.674. The molecule has 0 bridgehead atoms. The topological polar surface area (TPSA) is 81.1 Å². The van der Waals surface area contributed by atoms with E-state index in [4.69, 9.17) is 11.5 Å². The first-order valence-electron chi connectivity index (χ1n) is 5.97. The molecule has 5 heteroatoms. The van der Waals surface area contributed by atoms with Crippen LogP contribution in [0.25, 0.3) is 0 Å². The van der Waals surface area contributed by atoms with Crippen molar-refractivity contribution in [3.05, 3.63) is 0 Å². The van der Waals surface area contributed by atoms with E-state index in [1.54, 1.807) is 0 Å². The third kappa shape index (κ3) is 5.68. The van der Waals surface area contributed by atoms with Crippen molar-refractivity contribution in [2.24, 2.45) is 17.4 Å². The Labute approximate surface area is 104 Å². The fourth-order valence-corrected chi connectivity index (χ4v) is 2.22. The van der Waals surface area contributed by atoms with Crippen LogP contribution in [0, 0.1) is 5.92 Å². The maximum absolute atomic E-state index is 11.5. The summed E-state index contributed by atoms with van der Waals surface area (Å²) in [6.45, 7) is 0.999. The number of carbonyl (C=O) groups excluding carboxylic acids is 1. The summed E-state index contributed by atoms with van der Waals surface area (Å²) in [5.41, 5.74) is 11.1. The molecule has 1 atom stereocenters. The number of nitrogens with one attached hydrogen (secondary N) is 1. The number of hydrogen-bond donors (Lipinski definition) is 3. The summed E-state index contributed by atoms with van der Waals surface area (Å²) in [5.74, 6) is 0.600. The van der Waals surface area contributed by atoms with E-state index in [2.05, 4.69) is 5.32 Å². The molecule has 1 aliphatic rings. The van der Waals surface area contributed by atoms with Gasteiger partial charge in [0.1, 0.15) is 0 Å². The van der Waals surface area contributed by atoms with Crippen molar-refractivity contribution in [3.63, 3.8) is 0 Å². The summed E-state index contributed by atoms with van der Waals surface area (Å²) in [4.78, 5) is 11.5. The summed E-state index contributed by atoms with van der Waals surface area (Å²) in [6.07, 6.45) is 7.22. The van der Waals surface area contributed by atoms with Crippen LogP contribution in [-0.2, 0) is 4.79 Å². The highest BCUT2D eigenvalue weighted by Crippen LogP contribution is 2.26. The molecule has 5 N–H and O–H groups in total. The summed E-state index contributed by atoms with van der Waals surface area (Å²) >= 11 is 0. The lowest BCUT2D eigenvalue weighted by Crippen LogP contribution is -2.43. The van der Waals surface area contributed by atoms with E-state index in [9.17, 15) is 4.79 Å². The van der Waals surface area contributed by atoms with Crippen molar-refractivity contribution in [2.75, 3.05) is 13.1 Å². The summed E-state index contributed by atoms with van der Waals surface area (Å²) in [5, 5.41) is 2.73. The largest absolute Gasteiger partial charge is 0.353 e.